The van der Waals surface area contributed by atoms with Gasteiger partial charge in [0.2, 0.25) is 11.8 Å². The number of amides is 6. The number of morpholine rings is 1. The predicted octanol–water partition coefficient (Wildman–Crippen LogP) is 9.24. The minimum Gasteiger partial charge on any atom is -0.444 e. The van der Waals surface area contributed by atoms with Crippen molar-refractivity contribution in [1.82, 2.24) is 26.2 Å². The lowest BCUT2D eigenvalue weighted by atomic mass is 9.88. The highest BCUT2D eigenvalue weighted by Crippen LogP contribution is 2.39. The number of carbonyl (C=O) groups is 5. The minimum atomic E-state index is -4.65. The van der Waals surface area contributed by atoms with E-state index in [-0.39, 0.29) is 52.0 Å². The van der Waals surface area contributed by atoms with Gasteiger partial charge in [-0.05, 0) is 105 Å². The number of benzene rings is 3. The molecule has 71 heavy (non-hydrogen) atoms. The van der Waals surface area contributed by atoms with Gasteiger partial charge < -0.3 is 34.8 Å². The fraction of sp³-hybridized carbons (Fsp3) is 0.549. The zero-order valence-electron chi connectivity index (χ0n) is 42.1. The van der Waals surface area contributed by atoms with E-state index < -0.39 is 108 Å². The number of nitrogens with one attached hydrogen (secondary N) is 4. The summed E-state index contributed by atoms with van der Waals surface area (Å²) in [5.41, 5.74) is -1.43. The first-order valence-corrected chi connectivity index (χ1v) is 26.6. The lowest BCUT2D eigenvalue weighted by Gasteiger charge is -2.42. The Balaban J connectivity index is 1.78. The molecule has 0 aromatic heterocycles. The van der Waals surface area contributed by atoms with Gasteiger partial charge in [-0.25, -0.2) is 9.59 Å². The van der Waals surface area contributed by atoms with Crippen LogP contribution in [0, 0.1) is 11.8 Å². The number of alkyl halides is 6. The van der Waals surface area contributed by atoms with Gasteiger partial charge in [-0.15, -0.1) is 0 Å². The van der Waals surface area contributed by atoms with Crippen molar-refractivity contribution in [1.29, 1.82) is 0 Å². The summed E-state index contributed by atoms with van der Waals surface area (Å²) in [7, 11) is -2.89. The largest absolute Gasteiger partial charge is 0.444 e. The van der Waals surface area contributed by atoms with E-state index in [0.29, 0.717) is 16.7 Å². The molecule has 0 aliphatic carbocycles. The molecule has 4 rings (SSSR count). The van der Waals surface area contributed by atoms with Crippen LogP contribution in [0.15, 0.2) is 78.9 Å². The number of ether oxygens (including phenoxy) is 2. The number of rotatable bonds is 18. The minimum absolute atomic E-state index is 0.0262. The summed E-state index contributed by atoms with van der Waals surface area (Å²) in [5, 5.41) is 10.4. The van der Waals surface area contributed by atoms with E-state index in [2.05, 4.69) is 21.3 Å². The maximum atomic E-state index is 15.0. The van der Waals surface area contributed by atoms with Crippen molar-refractivity contribution < 1.29 is 64.2 Å². The molecule has 392 valence electrons. The van der Waals surface area contributed by atoms with Crippen molar-refractivity contribution in [2.24, 2.45) is 11.8 Å². The first kappa shape index (κ1) is 58.1. The molecule has 5 unspecified atom stereocenters. The molecular formula is C51H69F6N5O8Si. The average molecular weight is 1020 g/mol. The monoisotopic (exact) mass is 1020 g/mol. The van der Waals surface area contributed by atoms with Crippen molar-refractivity contribution in [2.45, 2.75) is 141 Å². The molecule has 0 radical (unpaired) electrons. The fourth-order valence-corrected chi connectivity index (χ4v) is 8.88. The van der Waals surface area contributed by atoms with Gasteiger partial charge in [0.25, 0.3) is 5.91 Å². The number of hydrogen-bond donors (Lipinski definition) is 4. The highest BCUT2D eigenvalue weighted by molar-refractivity contribution is 6.74. The summed E-state index contributed by atoms with van der Waals surface area (Å²) in [6.07, 6.45) is -11.8. The van der Waals surface area contributed by atoms with Crippen LogP contribution in [0.5, 0.6) is 0 Å². The predicted molar refractivity (Wildman–Crippen MR) is 258 cm³/mol. The lowest BCUT2D eigenvalue weighted by Crippen LogP contribution is -2.59. The Hall–Kier alpha value is -5.47. The smallest absolute Gasteiger partial charge is 0.416 e. The molecule has 0 saturated carbocycles. The van der Waals surface area contributed by atoms with E-state index >= 15 is 0 Å². The molecule has 1 aliphatic rings. The van der Waals surface area contributed by atoms with Gasteiger partial charge in [0.1, 0.15) is 17.7 Å². The highest BCUT2D eigenvalue weighted by Gasteiger charge is 2.43. The Labute approximate surface area is 413 Å². The molecule has 20 heteroatoms. The van der Waals surface area contributed by atoms with Gasteiger partial charge in [0.15, 0.2) is 8.32 Å². The van der Waals surface area contributed by atoms with Crippen molar-refractivity contribution in [3.8, 4) is 0 Å². The number of halogens is 6. The van der Waals surface area contributed by atoms with Crippen LogP contribution in [0.4, 0.5) is 35.9 Å². The van der Waals surface area contributed by atoms with Gasteiger partial charge in [0.05, 0.1) is 36.5 Å². The molecule has 1 heterocycles. The van der Waals surface area contributed by atoms with Crippen LogP contribution >= 0.6 is 0 Å². The van der Waals surface area contributed by atoms with E-state index in [4.69, 9.17) is 13.9 Å². The van der Waals surface area contributed by atoms with Gasteiger partial charge >= 0.3 is 24.5 Å². The highest BCUT2D eigenvalue weighted by atomic mass is 28.4. The second-order valence-corrected chi connectivity index (χ2v) is 25.5. The van der Waals surface area contributed by atoms with Crippen LogP contribution in [0.2, 0.25) is 18.1 Å². The van der Waals surface area contributed by atoms with E-state index in [1.165, 1.54) is 29.2 Å². The second kappa shape index (κ2) is 24.3. The van der Waals surface area contributed by atoms with Gasteiger partial charge in [-0.3, -0.25) is 19.7 Å². The van der Waals surface area contributed by atoms with Crippen molar-refractivity contribution in [3.63, 3.8) is 0 Å². The van der Waals surface area contributed by atoms with E-state index in [1.807, 2.05) is 33.9 Å². The van der Waals surface area contributed by atoms with E-state index in [1.54, 1.807) is 65.0 Å². The van der Waals surface area contributed by atoms with Gasteiger partial charge in [0, 0.05) is 25.4 Å². The topological polar surface area (TPSA) is 164 Å². The number of urea groups is 1. The number of hydrogen-bond acceptors (Lipinski definition) is 8. The number of imide groups is 1. The summed E-state index contributed by atoms with van der Waals surface area (Å²) in [4.78, 5) is 71.3. The Kier molecular flexibility index (Phi) is 19.9. The Morgan fingerprint density at radius 1 is 0.662 bits per heavy atom. The molecule has 1 saturated heterocycles. The summed E-state index contributed by atoms with van der Waals surface area (Å²) in [6, 6.07) is 13.1. The Morgan fingerprint density at radius 2 is 1.17 bits per heavy atom. The lowest BCUT2D eigenvalue weighted by molar-refractivity contribution is -0.138. The van der Waals surface area contributed by atoms with Crippen LogP contribution in [0.1, 0.15) is 89.6 Å². The number of nitrogens with zero attached hydrogens (tertiary/aromatic N) is 1. The summed E-state index contributed by atoms with van der Waals surface area (Å²) in [6.45, 7) is 19.1. The van der Waals surface area contributed by atoms with Crippen molar-refractivity contribution >= 4 is 38.2 Å². The van der Waals surface area contributed by atoms with Crippen LogP contribution in [0.25, 0.3) is 0 Å². The molecule has 1 fully saturated rings. The maximum absolute atomic E-state index is 15.0. The summed E-state index contributed by atoms with van der Waals surface area (Å²) >= 11 is 0. The third-order valence-electron chi connectivity index (χ3n) is 12.5. The van der Waals surface area contributed by atoms with Crippen LogP contribution in [-0.2, 0) is 59.9 Å². The van der Waals surface area contributed by atoms with Crippen LogP contribution < -0.4 is 21.3 Å². The zero-order chi connectivity index (χ0) is 53.1. The molecule has 3 aromatic carbocycles. The molecule has 6 amide bonds. The summed E-state index contributed by atoms with van der Waals surface area (Å²) in [5.74, 6) is -4.07. The average Bonchev–Trinajstić information content (AvgIpc) is 3.26. The zero-order valence-corrected chi connectivity index (χ0v) is 43.1. The van der Waals surface area contributed by atoms with Crippen LogP contribution in [0.3, 0.4) is 0 Å². The first-order valence-electron chi connectivity index (χ1n) is 23.6. The Morgan fingerprint density at radius 3 is 1.65 bits per heavy atom. The van der Waals surface area contributed by atoms with E-state index in [9.17, 15) is 50.3 Å². The normalized spacial score (nSPS) is 16.0. The van der Waals surface area contributed by atoms with Crippen molar-refractivity contribution in [2.75, 3.05) is 26.3 Å². The Bertz CT molecular complexity index is 2240. The molecule has 1 aliphatic heterocycles. The molecular weight excluding hydrogens is 953 g/mol. The van der Waals surface area contributed by atoms with E-state index in [0.717, 1.165) is 24.3 Å². The molecule has 13 nitrogen and oxygen atoms in total. The molecule has 0 bridgehead atoms. The number of alkyl carbamates (subject to hydrolysis) is 1. The third-order valence-corrected chi connectivity index (χ3v) is 17.0. The SMILES string of the molecule is CC(C)C(NC(=O)C(Cc1ccc(C(F)(F)F)cc1)CC(O[Si](C)(C)C(C)(C)C)C(Cc1ccc(C(F)(F)F)cc1)NC(=O)OC(C)(C)C)C(=O)NC(Cc1ccccc1)C(=O)NC(=O)N1CCOCC1. The quantitative estimate of drug-likeness (QED) is 0.0724. The number of carbonyl (C=O) groups excluding carboxylic acids is 5. The maximum Gasteiger partial charge on any atom is 0.416 e. The second-order valence-electron chi connectivity index (χ2n) is 20.8. The van der Waals surface area contributed by atoms with Crippen LogP contribution in [-0.4, -0.2) is 99.2 Å². The fourth-order valence-electron chi connectivity index (χ4n) is 7.51. The first-order chi connectivity index (χ1) is 32.8. The molecule has 5 atom stereocenters. The van der Waals surface area contributed by atoms with Gasteiger partial charge in [-0.2, -0.15) is 26.3 Å². The molecule has 3 aromatic rings. The molecule has 4 N–H and O–H groups in total. The molecule has 0 spiro atoms. The van der Waals surface area contributed by atoms with Gasteiger partial charge in [-0.1, -0.05) is 89.2 Å². The summed E-state index contributed by atoms with van der Waals surface area (Å²) < 4.78 is 100. The van der Waals surface area contributed by atoms with Crippen molar-refractivity contribution in [3.05, 3.63) is 107 Å². The third kappa shape index (κ3) is 18.3. The standard InChI is InChI=1S/C51H69F6N5O8Si/c1-32(2)42(45(65)58-40(30-33-14-12-11-13-15-33)44(64)61-46(66)62-24-26-68-27-25-62)60-43(63)36(28-34-16-20-37(21-17-34)50(52,53)54)31-41(70-71(9,10)49(6,7)8)39(59-47(67)69-48(3,4)5)29-35-18-22-38(23-19-35)51(55,56)57/h11-23,32,36,39-42H,24-31H2,1-10H3,(H,58,65)(H,59,67)(H,60,63)(H,61,64,66).